The first-order chi connectivity index (χ1) is 15.6. The standard InChI is InChI=1S/C30H53NO2/c1-8-31(9-2)28(33)18-20-30(7)26-17-19-29(6)24(22(5)12-10-11-21(3)4)14-15-25(29)23(26)13-16-27(30)32/h21-26H,8-20H2,1-7H3. The molecule has 0 bridgehead atoms. The van der Waals surface area contributed by atoms with Crippen LogP contribution in [0.2, 0.25) is 0 Å². The highest BCUT2D eigenvalue weighted by Gasteiger charge is 2.59. The van der Waals surface area contributed by atoms with Crippen molar-refractivity contribution < 1.29 is 9.59 Å². The van der Waals surface area contributed by atoms with E-state index in [1.54, 1.807) is 0 Å². The van der Waals surface area contributed by atoms with Crippen LogP contribution in [0.25, 0.3) is 0 Å². The van der Waals surface area contributed by atoms with Crippen LogP contribution in [0.15, 0.2) is 0 Å². The van der Waals surface area contributed by atoms with Gasteiger partial charge in [0, 0.05) is 31.3 Å². The summed E-state index contributed by atoms with van der Waals surface area (Å²) < 4.78 is 0. The molecule has 3 fully saturated rings. The summed E-state index contributed by atoms with van der Waals surface area (Å²) in [5, 5.41) is 0. The maximum absolute atomic E-state index is 13.3. The number of carbonyl (C=O) groups excluding carboxylic acids is 2. The van der Waals surface area contributed by atoms with Gasteiger partial charge in [-0.3, -0.25) is 9.59 Å². The Morgan fingerprint density at radius 1 is 1.00 bits per heavy atom. The van der Waals surface area contributed by atoms with Gasteiger partial charge in [-0.25, -0.2) is 0 Å². The zero-order valence-electron chi connectivity index (χ0n) is 22.9. The van der Waals surface area contributed by atoms with Crippen molar-refractivity contribution >= 4 is 11.7 Å². The zero-order chi connectivity index (χ0) is 24.4. The first kappa shape index (κ1) is 26.7. The van der Waals surface area contributed by atoms with Crippen LogP contribution in [0.4, 0.5) is 0 Å². The van der Waals surface area contributed by atoms with E-state index in [1.807, 2.05) is 18.7 Å². The second-order valence-corrected chi connectivity index (χ2v) is 12.9. The molecule has 1 amide bonds. The molecule has 0 aromatic rings. The highest BCUT2D eigenvalue weighted by atomic mass is 16.2. The SMILES string of the molecule is CCN(CC)C(=O)CCC1(C)C(=O)CCC2C1CCC1(C)C(C(C)CCCC(C)C)CCC21. The molecular formula is C30H53NO2. The van der Waals surface area contributed by atoms with Crippen molar-refractivity contribution in [2.45, 2.75) is 119 Å². The van der Waals surface area contributed by atoms with Crippen LogP contribution in [0, 0.1) is 46.3 Å². The topological polar surface area (TPSA) is 37.4 Å². The van der Waals surface area contributed by atoms with Crippen LogP contribution in [0.1, 0.15) is 119 Å². The second-order valence-electron chi connectivity index (χ2n) is 12.9. The van der Waals surface area contributed by atoms with Gasteiger partial charge in [0.1, 0.15) is 5.78 Å². The van der Waals surface area contributed by atoms with Crippen molar-refractivity contribution in [1.29, 1.82) is 0 Å². The van der Waals surface area contributed by atoms with Gasteiger partial charge in [0.25, 0.3) is 0 Å². The fraction of sp³-hybridized carbons (Fsp3) is 0.933. The van der Waals surface area contributed by atoms with E-state index in [1.165, 1.54) is 44.9 Å². The van der Waals surface area contributed by atoms with Crippen LogP contribution in [0.3, 0.4) is 0 Å². The summed E-state index contributed by atoms with van der Waals surface area (Å²) >= 11 is 0. The van der Waals surface area contributed by atoms with E-state index >= 15 is 0 Å². The van der Waals surface area contributed by atoms with Crippen molar-refractivity contribution in [2.24, 2.45) is 46.3 Å². The smallest absolute Gasteiger partial charge is 0.222 e. The summed E-state index contributed by atoms with van der Waals surface area (Å²) in [6, 6.07) is 0. The summed E-state index contributed by atoms with van der Waals surface area (Å²) in [7, 11) is 0. The number of nitrogens with zero attached hydrogens (tertiary/aromatic N) is 1. The Balaban J connectivity index is 1.70. The average Bonchev–Trinajstić information content (AvgIpc) is 3.13. The van der Waals surface area contributed by atoms with Crippen molar-refractivity contribution in [1.82, 2.24) is 4.90 Å². The van der Waals surface area contributed by atoms with Gasteiger partial charge in [-0.15, -0.1) is 0 Å². The Labute approximate surface area is 204 Å². The van der Waals surface area contributed by atoms with E-state index in [-0.39, 0.29) is 11.3 Å². The first-order valence-corrected chi connectivity index (χ1v) is 14.4. The van der Waals surface area contributed by atoms with Crippen molar-refractivity contribution in [3.8, 4) is 0 Å². The molecule has 3 aliphatic carbocycles. The summed E-state index contributed by atoms with van der Waals surface area (Å²) in [5.41, 5.74) is 0.158. The maximum Gasteiger partial charge on any atom is 0.222 e. The molecule has 190 valence electrons. The predicted octanol–water partition coefficient (Wildman–Crippen LogP) is 7.53. The molecule has 33 heavy (non-hydrogen) atoms. The number of fused-ring (bicyclic) bond motifs is 3. The number of carbonyl (C=O) groups is 2. The molecule has 0 radical (unpaired) electrons. The molecule has 3 heteroatoms. The molecule has 0 aliphatic heterocycles. The van der Waals surface area contributed by atoms with Crippen molar-refractivity contribution in [2.75, 3.05) is 13.1 Å². The minimum Gasteiger partial charge on any atom is -0.343 e. The Morgan fingerprint density at radius 3 is 2.33 bits per heavy atom. The predicted molar refractivity (Wildman–Crippen MR) is 138 cm³/mol. The fourth-order valence-electron chi connectivity index (χ4n) is 8.72. The third-order valence-electron chi connectivity index (χ3n) is 10.8. The first-order valence-electron chi connectivity index (χ1n) is 14.4. The number of hydrogen-bond donors (Lipinski definition) is 0. The van der Waals surface area contributed by atoms with Gasteiger partial charge < -0.3 is 4.90 Å². The van der Waals surface area contributed by atoms with Gasteiger partial charge in [0.05, 0.1) is 0 Å². The Kier molecular flexibility index (Phi) is 8.76. The van der Waals surface area contributed by atoms with Crippen LogP contribution in [-0.4, -0.2) is 29.7 Å². The second kappa shape index (κ2) is 10.8. The maximum atomic E-state index is 13.3. The van der Waals surface area contributed by atoms with Gasteiger partial charge in [-0.1, -0.05) is 53.9 Å². The lowest BCUT2D eigenvalue weighted by Gasteiger charge is -2.56. The van der Waals surface area contributed by atoms with E-state index in [9.17, 15) is 9.59 Å². The Bertz CT molecular complexity index is 683. The van der Waals surface area contributed by atoms with Gasteiger partial charge in [0.15, 0.2) is 0 Å². The minimum absolute atomic E-state index is 0.230. The molecule has 7 unspecified atom stereocenters. The summed E-state index contributed by atoms with van der Waals surface area (Å²) in [6.07, 6.45) is 12.4. The quantitative estimate of drug-likeness (QED) is 0.339. The van der Waals surface area contributed by atoms with Crippen LogP contribution >= 0.6 is 0 Å². The zero-order valence-corrected chi connectivity index (χ0v) is 22.9. The monoisotopic (exact) mass is 459 g/mol. The van der Waals surface area contributed by atoms with Crippen LogP contribution in [-0.2, 0) is 9.59 Å². The molecule has 0 aromatic heterocycles. The van der Waals surface area contributed by atoms with Gasteiger partial charge in [-0.05, 0) is 93.3 Å². The highest BCUT2D eigenvalue weighted by Crippen LogP contribution is 2.65. The lowest BCUT2D eigenvalue weighted by atomic mass is 9.48. The van der Waals surface area contributed by atoms with Gasteiger partial charge in [-0.2, -0.15) is 0 Å². The van der Waals surface area contributed by atoms with E-state index in [0.717, 1.165) is 56.0 Å². The lowest BCUT2D eigenvalue weighted by molar-refractivity contribution is -0.147. The molecular weight excluding hydrogens is 406 g/mol. The average molecular weight is 460 g/mol. The van der Waals surface area contributed by atoms with Crippen LogP contribution in [0.5, 0.6) is 0 Å². The Morgan fingerprint density at radius 2 is 1.70 bits per heavy atom. The molecule has 0 saturated heterocycles. The van der Waals surface area contributed by atoms with Crippen LogP contribution < -0.4 is 0 Å². The minimum atomic E-state index is -0.298. The molecule has 0 aromatic carbocycles. The third kappa shape index (κ3) is 5.22. The molecule has 3 saturated carbocycles. The summed E-state index contributed by atoms with van der Waals surface area (Å²) in [5.74, 6) is 5.09. The number of rotatable bonds is 10. The summed E-state index contributed by atoms with van der Waals surface area (Å²) in [6.45, 7) is 17.7. The van der Waals surface area contributed by atoms with E-state index < -0.39 is 0 Å². The molecule has 0 N–H and O–H groups in total. The number of amides is 1. The normalized spacial score (nSPS) is 37.0. The third-order valence-corrected chi connectivity index (χ3v) is 10.8. The fourth-order valence-corrected chi connectivity index (χ4v) is 8.72. The number of ketones is 1. The number of Topliss-reactive ketones (excluding diaryl/α,β-unsaturated/α-hetero) is 1. The largest absolute Gasteiger partial charge is 0.343 e. The van der Waals surface area contributed by atoms with E-state index in [0.29, 0.717) is 29.5 Å². The molecule has 7 atom stereocenters. The van der Waals surface area contributed by atoms with Gasteiger partial charge >= 0.3 is 0 Å². The van der Waals surface area contributed by atoms with Crippen molar-refractivity contribution in [3.63, 3.8) is 0 Å². The van der Waals surface area contributed by atoms with Crippen molar-refractivity contribution in [3.05, 3.63) is 0 Å². The number of hydrogen-bond acceptors (Lipinski definition) is 2. The highest BCUT2D eigenvalue weighted by molar-refractivity contribution is 5.86. The summed E-state index contributed by atoms with van der Waals surface area (Å²) in [4.78, 5) is 28.0. The van der Waals surface area contributed by atoms with Gasteiger partial charge in [0.2, 0.25) is 5.91 Å². The molecule has 0 heterocycles. The van der Waals surface area contributed by atoms with E-state index in [2.05, 4.69) is 34.6 Å². The molecule has 3 aliphatic rings. The van der Waals surface area contributed by atoms with E-state index in [4.69, 9.17) is 0 Å². The molecule has 3 nitrogen and oxygen atoms in total. The Hall–Kier alpha value is -0.860. The lowest BCUT2D eigenvalue weighted by Crippen LogP contribution is -2.52. The molecule has 0 spiro atoms. The molecule has 3 rings (SSSR count).